The molecule has 0 amide bonds. The van der Waals surface area contributed by atoms with Gasteiger partial charge in [-0.3, -0.25) is 28.3 Å². The van der Waals surface area contributed by atoms with Crippen molar-refractivity contribution < 1.29 is 18.1 Å². The average Bonchev–Trinajstić information content (AvgIpc) is 2.27. The lowest BCUT2D eigenvalue weighted by molar-refractivity contribution is -0.0442. The molecule has 3 unspecified atom stereocenters. The first-order valence-corrected chi connectivity index (χ1v) is 8.09. The molecule has 122 valence electrons. The monoisotopic (exact) mass is 311 g/mol. The Morgan fingerprint density at radius 3 is 1.00 bits per heavy atom. The second-order valence-corrected chi connectivity index (χ2v) is 6.98. The molecular formula is C12H30N3O4P. The van der Waals surface area contributed by atoms with E-state index in [9.17, 15) is 4.57 Å². The Morgan fingerprint density at radius 1 is 0.650 bits per heavy atom. The van der Waals surface area contributed by atoms with E-state index < -0.39 is 7.82 Å². The van der Waals surface area contributed by atoms with Gasteiger partial charge in [-0.2, -0.15) is 0 Å². The van der Waals surface area contributed by atoms with Gasteiger partial charge in [0.15, 0.2) is 0 Å². The van der Waals surface area contributed by atoms with E-state index in [1.54, 1.807) is 35.5 Å². The lowest BCUT2D eigenvalue weighted by Gasteiger charge is -2.32. The van der Waals surface area contributed by atoms with Crippen LogP contribution in [0, 0.1) is 0 Å². The Balaban J connectivity index is 4.97. The maximum Gasteiger partial charge on any atom is 0.479 e. The molecule has 0 aromatic rings. The number of hydrogen-bond acceptors (Lipinski definition) is 7. The summed E-state index contributed by atoms with van der Waals surface area (Å²) in [6.07, 6.45) is -1.15. The van der Waals surface area contributed by atoms with Crippen LogP contribution in [0.3, 0.4) is 0 Å². The Bertz CT molecular complexity index is 278. The molecule has 0 fully saturated rings. The van der Waals surface area contributed by atoms with Gasteiger partial charge in [-0.15, -0.1) is 0 Å². The maximum absolute atomic E-state index is 12.8. The maximum atomic E-state index is 12.8. The van der Waals surface area contributed by atoms with Crippen LogP contribution in [0.2, 0.25) is 0 Å². The summed E-state index contributed by atoms with van der Waals surface area (Å²) in [5.41, 5.74) is 0. The third-order valence-corrected chi connectivity index (χ3v) is 4.72. The van der Waals surface area contributed by atoms with Crippen molar-refractivity contribution in [2.45, 2.75) is 39.5 Å². The molecule has 0 aromatic carbocycles. The number of hydrogen-bond donors (Lipinski definition) is 0. The molecule has 0 rings (SSSR count). The van der Waals surface area contributed by atoms with Crippen molar-refractivity contribution >= 4 is 7.82 Å². The van der Waals surface area contributed by atoms with E-state index in [0.29, 0.717) is 0 Å². The Kier molecular flexibility index (Phi) is 8.43. The SMILES string of the molecule is CC(OP(=O)(OC(C)N(C)C)OC(C)N(C)C)N(C)C. The van der Waals surface area contributed by atoms with E-state index >= 15 is 0 Å². The zero-order valence-electron chi connectivity index (χ0n) is 14.2. The van der Waals surface area contributed by atoms with Crippen molar-refractivity contribution in [2.24, 2.45) is 0 Å². The Morgan fingerprint density at radius 2 is 0.850 bits per heavy atom. The van der Waals surface area contributed by atoms with Crippen molar-refractivity contribution in [1.82, 2.24) is 14.7 Å². The standard InChI is InChI=1S/C12H30N3O4P/c1-10(13(4)5)17-20(16,18-11(2)14(6)7)19-12(3)15(8)9/h10-12H,1-9H3. The van der Waals surface area contributed by atoms with E-state index in [2.05, 4.69) is 0 Å². The summed E-state index contributed by atoms with van der Waals surface area (Å²) in [6.45, 7) is 5.38. The fraction of sp³-hybridized carbons (Fsp3) is 1.00. The van der Waals surface area contributed by atoms with Gasteiger partial charge in [0.25, 0.3) is 0 Å². The van der Waals surface area contributed by atoms with Crippen LogP contribution >= 0.6 is 7.82 Å². The van der Waals surface area contributed by atoms with Gasteiger partial charge in [-0.1, -0.05) is 0 Å². The zero-order valence-corrected chi connectivity index (χ0v) is 15.0. The number of phosphoric acid groups is 1. The van der Waals surface area contributed by atoms with Crippen LogP contribution in [0.15, 0.2) is 0 Å². The summed E-state index contributed by atoms with van der Waals surface area (Å²) in [5, 5.41) is 0. The first-order chi connectivity index (χ1) is 8.98. The highest BCUT2D eigenvalue weighted by Crippen LogP contribution is 2.53. The molecule has 0 spiro atoms. The van der Waals surface area contributed by atoms with Crippen LogP contribution in [0.25, 0.3) is 0 Å². The van der Waals surface area contributed by atoms with Gasteiger partial charge in [0.05, 0.1) is 0 Å². The van der Waals surface area contributed by atoms with Crippen molar-refractivity contribution in [3.05, 3.63) is 0 Å². The molecule has 3 atom stereocenters. The van der Waals surface area contributed by atoms with Crippen molar-refractivity contribution in [3.63, 3.8) is 0 Å². The van der Waals surface area contributed by atoms with Crippen LogP contribution in [0.1, 0.15) is 20.8 Å². The molecule has 0 saturated heterocycles. The highest BCUT2D eigenvalue weighted by Gasteiger charge is 2.35. The first-order valence-electron chi connectivity index (χ1n) is 6.63. The minimum atomic E-state index is -3.67. The van der Waals surface area contributed by atoms with Crippen molar-refractivity contribution in [1.29, 1.82) is 0 Å². The second-order valence-electron chi connectivity index (χ2n) is 5.45. The highest BCUT2D eigenvalue weighted by molar-refractivity contribution is 7.48. The lowest BCUT2D eigenvalue weighted by Crippen LogP contribution is -2.33. The minimum Gasteiger partial charge on any atom is -0.284 e. The fourth-order valence-electron chi connectivity index (χ4n) is 0.918. The molecule has 0 aliphatic rings. The average molecular weight is 311 g/mol. The van der Waals surface area contributed by atoms with Gasteiger partial charge in [0.2, 0.25) is 0 Å². The Hall–Kier alpha value is -0.0100. The highest BCUT2D eigenvalue weighted by atomic mass is 31.2. The van der Waals surface area contributed by atoms with Crippen LogP contribution in [0.5, 0.6) is 0 Å². The summed E-state index contributed by atoms with van der Waals surface area (Å²) < 4.78 is 29.4. The third kappa shape index (κ3) is 7.13. The van der Waals surface area contributed by atoms with Gasteiger partial charge < -0.3 is 0 Å². The quantitative estimate of drug-likeness (QED) is 0.476. The second kappa shape index (κ2) is 8.44. The van der Waals surface area contributed by atoms with Gasteiger partial charge in [0.1, 0.15) is 18.7 Å². The van der Waals surface area contributed by atoms with E-state index in [-0.39, 0.29) is 18.7 Å². The van der Waals surface area contributed by atoms with E-state index in [4.69, 9.17) is 13.6 Å². The molecule has 0 saturated carbocycles. The molecule has 8 heteroatoms. The summed E-state index contributed by atoms with van der Waals surface area (Å²) in [7, 11) is 7.32. The van der Waals surface area contributed by atoms with Crippen LogP contribution in [-0.4, -0.2) is 75.7 Å². The minimum absolute atomic E-state index is 0.385. The summed E-state index contributed by atoms with van der Waals surface area (Å²) in [4.78, 5) is 5.38. The summed E-state index contributed by atoms with van der Waals surface area (Å²) in [6, 6.07) is 0. The predicted molar refractivity (Wildman–Crippen MR) is 80.3 cm³/mol. The normalized spacial score (nSPS) is 20.2. The van der Waals surface area contributed by atoms with Gasteiger partial charge in [0, 0.05) is 0 Å². The van der Waals surface area contributed by atoms with Crippen molar-refractivity contribution in [2.75, 3.05) is 42.3 Å². The van der Waals surface area contributed by atoms with Crippen LogP contribution < -0.4 is 0 Å². The number of nitrogens with zero attached hydrogens (tertiary/aromatic N) is 3. The molecule has 0 bridgehead atoms. The van der Waals surface area contributed by atoms with E-state index in [1.807, 2.05) is 42.3 Å². The number of phosphoric ester groups is 1. The summed E-state index contributed by atoms with van der Waals surface area (Å²) >= 11 is 0. The Labute approximate surface area is 123 Å². The molecule has 0 aromatic heterocycles. The van der Waals surface area contributed by atoms with Crippen LogP contribution in [0.4, 0.5) is 0 Å². The van der Waals surface area contributed by atoms with Gasteiger partial charge in [-0.25, -0.2) is 4.57 Å². The van der Waals surface area contributed by atoms with Crippen LogP contribution in [-0.2, 0) is 18.1 Å². The van der Waals surface area contributed by atoms with Gasteiger partial charge >= 0.3 is 7.82 Å². The fourth-order valence-corrected chi connectivity index (χ4v) is 2.75. The summed E-state index contributed by atoms with van der Waals surface area (Å²) in [5.74, 6) is 0. The smallest absolute Gasteiger partial charge is 0.284 e. The van der Waals surface area contributed by atoms with E-state index in [1.165, 1.54) is 0 Å². The molecule has 7 nitrogen and oxygen atoms in total. The number of rotatable bonds is 9. The molecular weight excluding hydrogens is 281 g/mol. The molecule has 0 N–H and O–H groups in total. The molecule has 0 heterocycles. The molecule has 0 aliphatic heterocycles. The topological polar surface area (TPSA) is 54.5 Å². The molecule has 20 heavy (non-hydrogen) atoms. The predicted octanol–water partition coefficient (Wildman–Crippen LogP) is 1.87. The van der Waals surface area contributed by atoms with Crippen molar-refractivity contribution in [3.8, 4) is 0 Å². The largest absolute Gasteiger partial charge is 0.479 e. The third-order valence-electron chi connectivity index (χ3n) is 3.03. The first kappa shape index (κ1) is 20.0. The van der Waals surface area contributed by atoms with E-state index in [0.717, 1.165) is 0 Å². The molecule has 0 aliphatic carbocycles. The van der Waals surface area contributed by atoms with Gasteiger partial charge in [-0.05, 0) is 63.1 Å². The molecule has 0 radical (unpaired) electrons. The zero-order chi connectivity index (χ0) is 16.1. The lowest BCUT2D eigenvalue weighted by atomic mass is 10.6.